The Morgan fingerprint density at radius 1 is 0.966 bits per heavy atom. The van der Waals surface area contributed by atoms with E-state index in [1.54, 1.807) is 24.3 Å². The van der Waals surface area contributed by atoms with Gasteiger partial charge in [0.25, 0.3) is 5.91 Å². The lowest BCUT2D eigenvalue weighted by Gasteiger charge is -2.09. The number of hydrogen-bond acceptors (Lipinski definition) is 5. The van der Waals surface area contributed by atoms with Gasteiger partial charge in [-0.05, 0) is 42.5 Å². The van der Waals surface area contributed by atoms with Gasteiger partial charge in [-0.15, -0.1) is 0 Å². The van der Waals surface area contributed by atoms with Crippen molar-refractivity contribution in [2.75, 3.05) is 5.32 Å². The number of ether oxygens (including phenoxy) is 2. The Kier molecular flexibility index (Phi) is 5.98. The molecule has 2 amide bonds. The second-order valence-corrected chi connectivity index (χ2v) is 5.74. The fraction of sp³-hybridized carbons (Fsp3) is 0.0500. The standard InChI is InChI=1S/C20H15F2N3O4/c21-20(22)29-16-6-2-4-13(10-16)19(27)25-14-7-8-17(24-11-14)28-15-5-1-3-12(9-15)18(23)26/h1-11,20H,(H2,23,26)(H,25,27). The average Bonchev–Trinajstić information content (AvgIpc) is 2.69. The van der Waals surface area contributed by atoms with Crippen molar-refractivity contribution in [3.63, 3.8) is 0 Å². The number of pyridine rings is 1. The molecular weight excluding hydrogens is 384 g/mol. The molecule has 0 aliphatic rings. The number of nitrogens with two attached hydrogens (primary N) is 1. The highest BCUT2D eigenvalue weighted by Crippen LogP contribution is 2.22. The highest BCUT2D eigenvalue weighted by atomic mass is 19.3. The molecule has 1 aromatic heterocycles. The number of rotatable bonds is 7. The summed E-state index contributed by atoms with van der Waals surface area (Å²) in [7, 11) is 0. The minimum absolute atomic E-state index is 0.118. The maximum atomic E-state index is 12.3. The molecule has 0 atom stereocenters. The number of alkyl halides is 2. The molecule has 2 aromatic carbocycles. The first-order valence-corrected chi connectivity index (χ1v) is 8.31. The average molecular weight is 399 g/mol. The summed E-state index contributed by atoms with van der Waals surface area (Å²) >= 11 is 0. The summed E-state index contributed by atoms with van der Waals surface area (Å²) in [6, 6.07) is 14.8. The van der Waals surface area contributed by atoms with E-state index in [1.165, 1.54) is 42.6 Å². The van der Waals surface area contributed by atoms with Gasteiger partial charge in [0.15, 0.2) is 0 Å². The van der Waals surface area contributed by atoms with Gasteiger partial charge in [-0.3, -0.25) is 9.59 Å². The van der Waals surface area contributed by atoms with Crippen LogP contribution in [0.15, 0.2) is 66.9 Å². The Morgan fingerprint density at radius 3 is 2.31 bits per heavy atom. The number of carbonyl (C=O) groups excluding carboxylic acids is 2. The van der Waals surface area contributed by atoms with Crippen molar-refractivity contribution >= 4 is 17.5 Å². The number of amides is 2. The van der Waals surface area contributed by atoms with Crippen LogP contribution in [0.4, 0.5) is 14.5 Å². The molecule has 0 unspecified atom stereocenters. The number of nitrogens with zero attached hydrogens (tertiary/aromatic N) is 1. The fourth-order valence-electron chi connectivity index (χ4n) is 2.36. The normalized spacial score (nSPS) is 10.4. The Morgan fingerprint density at radius 2 is 1.66 bits per heavy atom. The maximum Gasteiger partial charge on any atom is 0.387 e. The molecule has 0 fully saturated rings. The van der Waals surface area contributed by atoms with Gasteiger partial charge in [0.05, 0.1) is 11.9 Å². The SMILES string of the molecule is NC(=O)c1cccc(Oc2ccc(NC(=O)c3cccc(OC(F)F)c3)cn2)c1. The number of benzene rings is 2. The maximum absolute atomic E-state index is 12.3. The molecule has 29 heavy (non-hydrogen) atoms. The van der Waals surface area contributed by atoms with E-state index >= 15 is 0 Å². The molecule has 0 saturated carbocycles. The largest absolute Gasteiger partial charge is 0.439 e. The van der Waals surface area contributed by atoms with Crippen LogP contribution >= 0.6 is 0 Å². The number of aromatic nitrogens is 1. The molecule has 3 rings (SSSR count). The number of halogens is 2. The summed E-state index contributed by atoms with van der Waals surface area (Å²) in [4.78, 5) is 27.6. The minimum atomic E-state index is -2.98. The molecule has 0 bridgehead atoms. The summed E-state index contributed by atoms with van der Waals surface area (Å²) in [6.45, 7) is -2.98. The van der Waals surface area contributed by atoms with Crippen LogP contribution in [-0.4, -0.2) is 23.4 Å². The van der Waals surface area contributed by atoms with Gasteiger partial charge in [0.1, 0.15) is 11.5 Å². The third-order valence-corrected chi connectivity index (χ3v) is 3.66. The van der Waals surface area contributed by atoms with Crippen LogP contribution in [-0.2, 0) is 0 Å². The van der Waals surface area contributed by atoms with Crippen LogP contribution in [0.2, 0.25) is 0 Å². The lowest BCUT2D eigenvalue weighted by molar-refractivity contribution is -0.0498. The van der Waals surface area contributed by atoms with E-state index < -0.39 is 18.4 Å². The van der Waals surface area contributed by atoms with Crippen LogP contribution in [0.1, 0.15) is 20.7 Å². The molecule has 9 heteroatoms. The van der Waals surface area contributed by atoms with Crippen molar-refractivity contribution in [1.29, 1.82) is 0 Å². The highest BCUT2D eigenvalue weighted by Gasteiger charge is 2.10. The summed E-state index contributed by atoms with van der Waals surface area (Å²) in [5.74, 6) is -0.607. The van der Waals surface area contributed by atoms with Gasteiger partial charge in [0, 0.05) is 17.2 Å². The molecule has 3 N–H and O–H groups in total. The van der Waals surface area contributed by atoms with E-state index in [1.807, 2.05) is 0 Å². The monoisotopic (exact) mass is 399 g/mol. The van der Waals surface area contributed by atoms with Gasteiger partial charge in [-0.25, -0.2) is 4.98 Å². The van der Waals surface area contributed by atoms with E-state index in [4.69, 9.17) is 10.5 Å². The van der Waals surface area contributed by atoms with Crippen molar-refractivity contribution < 1.29 is 27.8 Å². The molecule has 0 radical (unpaired) electrons. The Labute approximate surface area is 164 Å². The Hall–Kier alpha value is -4.01. The minimum Gasteiger partial charge on any atom is -0.439 e. The highest BCUT2D eigenvalue weighted by molar-refractivity contribution is 6.04. The van der Waals surface area contributed by atoms with E-state index in [2.05, 4.69) is 15.0 Å². The molecule has 0 aliphatic heterocycles. The topological polar surface area (TPSA) is 104 Å². The smallest absolute Gasteiger partial charge is 0.387 e. The molecule has 7 nitrogen and oxygen atoms in total. The van der Waals surface area contributed by atoms with E-state index in [0.29, 0.717) is 17.0 Å². The molecule has 3 aromatic rings. The second-order valence-electron chi connectivity index (χ2n) is 5.74. The first-order chi connectivity index (χ1) is 13.9. The predicted molar refractivity (Wildman–Crippen MR) is 100 cm³/mol. The number of carbonyl (C=O) groups is 2. The van der Waals surface area contributed by atoms with Gasteiger partial charge in [-0.1, -0.05) is 12.1 Å². The third-order valence-electron chi connectivity index (χ3n) is 3.66. The molecule has 148 valence electrons. The van der Waals surface area contributed by atoms with Gasteiger partial charge >= 0.3 is 6.61 Å². The van der Waals surface area contributed by atoms with E-state index in [-0.39, 0.29) is 17.2 Å². The van der Waals surface area contributed by atoms with Gasteiger partial charge in [0.2, 0.25) is 11.8 Å². The molecule has 0 saturated heterocycles. The van der Waals surface area contributed by atoms with Crippen molar-refractivity contribution in [1.82, 2.24) is 4.98 Å². The number of primary amides is 1. The zero-order valence-corrected chi connectivity index (χ0v) is 14.8. The molecule has 0 spiro atoms. The zero-order valence-electron chi connectivity index (χ0n) is 14.8. The Bertz CT molecular complexity index is 1030. The lowest BCUT2D eigenvalue weighted by atomic mass is 10.2. The van der Waals surface area contributed by atoms with Gasteiger partial charge < -0.3 is 20.5 Å². The lowest BCUT2D eigenvalue weighted by Crippen LogP contribution is -2.12. The van der Waals surface area contributed by atoms with Crippen molar-refractivity contribution in [2.45, 2.75) is 6.61 Å². The van der Waals surface area contributed by atoms with Crippen LogP contribution in [0.5, 0.6) is 17.4 Å². The number of anilines is 1. The summed E-state index contributed by atoms with van der Waals surface area (Å²) < 4.78 is 34.4. The van der Waals surface area contributed by atoms with Crippen LogP contribution in [0, 0.1) is 0 Å². The number of hydrogen-bond donors (Lipinski definition) is 2. The first kappa shape index (κ1) is 19.7. The van der Waals surface area contributed by atoms with Crippen LogP contribution in [0.3, 0.4) is 0 Å². The summed E-state index contributed by atoms with van der Waals surface area (Å²) in [5.41, 5.74) is 6.04. The predicted octanol–water partition coefficient (Wildman–Crippen LogP) is 3.83. The molecule has 1 heterocycles. The second kappa shape index (κ2) is 8.79. The van der Waals surface area contributed by atoms with Crippen LogP contribution < -0.4 is 20.5 Å². The molecular formula is C20H15F2N3O4. The quantitative estimate of drug-likeness (QED) is 0.629. The summed E-state index contributed by atoms with van der Waals surface area (Å²) in [6.07, 6.45) is 1.37. The van der Waals surface area contributed by atoms with Crippen molar-refractivity contribution in [3.05, 3.63) is 78.0 Å². The van der Waals surface area contributed by atoms with Crippen molar-refractivity contribution in [2.24, 2.45) is 5.73 Å². The van der Waals surface area contributed by atoms with E-state index in [0.717, 1.165) is 0 Å². The van der Waals surface area contributed by atoms with Gasteiger partial charge in [-0.2, -0.15) is 8.78 Å². The fourth-order valence-corrected chi connectivity index (χ4v) is 2.36. The molecule has 0 aliphatic carbocycles. The third kappa shape index (κ3) is 5.48. The van der Waals surface area contributed by atoms with Crippen molar-refractivity contribution in [3.8, 4) is 17.4 Å². The zero-order chi connectivity index (χ0) is 20.8. The summed E-state index contributed by atoms with van der Waals surface area (Å²) in [5, 5.41) is 2.59. The first-order valence-electron chi connectivity index (χ1n) is 8.31. The number of nitrogens with one attached hydrogen (secondary N) is 1. The van der Waals surface area contributed by atoms with Crippen LogP contribution in [0.25, 0.3) is 0 Å². The Balaban J connectivity index is 1.65. The van der Waals surface area contributed by atoms with E-state index in [9.17, 15) is 18.4 Å².